The fraction of sp³-hybridized carbons (Fsp3) is 0.143. The normalized spacial score (nSPS) is 12.6. The minimum Gasteiger partial charge on any atom is -0.320 e. The van der Waals surface area contributed by atoms with Gasteiger partial charge in [0.15, 0.2) is 0 Å². The lowest BCUT2D eigenvalue weighted by atomic mass is 9.96. The molecule has 20 heavy (non-hydrogen) atoms. The van der Waals surface area contributed by atoms with Crippen LogP contribution in [0, 0.1) is 30.2 Å². The average Bonchev–Trinajstić information content (AvgIpc) is 2.33. The molecule has 0 radical (unpaired) electrons. The molecule has 2 rings (SSSR count). The van der Waals surface area contributed by atoms with Crippen LogP contribution in [0.1, 0.15) is 22.7 Å². The van der Waals surface area contributed by atoms with E-state index in [1.807, 2.05) is 0 Å². The molecule has 2 N–H and O–H groups in total. The number of rotatable bonds is 2. The van der Waals surface area contributed by atoms with Crippen LogP contribution in [0.2, 0.25) is 0 Å². The Morgan fingerprint density at radius 3 is 2.05 bits per heavy atom. The zero-order valence-corrected chi connectivity index (χ0v) is 11.9. The second-order valence-electron chi connectivity index (χ2n) is 4.35. The van der Waals surface area contributed by atoms with Crippen molar-refractivity contribution >= 4 is 15.9 Å². The Morgan fingerprint density at radius 1 is 0.950 bits per heavy atom. The van der Waals surface area contributed by atoms with Crippen LogP contribution in [0.15, 0.2) is 28.7 Å². The van der Waals surface area contributed by atoms with Gasteiger partial charge in [-0.15, -0.1) is 0 Å². The third-order valence-corrected chi connectivity index (χ3v) is 3.44. The van der Waals surface area contributed by atoms with Gasteiger partial charge in [0.25, 0.3) is 0 Å². The Kier molecular flexibility index (Phi) is 4.15. The number of nitrogens with two attached hydrogens (primary N) is 1. The van der Waals surface area contributed by atoms with Gasteiger partial charge >= 0.3 is 0 Å². The fourth-order valence-corrected chi connectivity index (χ4v) is 2.36. The summed E-state index contributed by atoms with van der Waals surface area (Å²) in [4.78, 5) is 0. The monoisotopic (exact) mass is 347 g/mol. The van der Waals surface area contributed by atoms with Gasteiger partial charge in [-0.25, -0.2) is 17.6 Å². The molecule has 0 aliphatic carbocycles. The lowest BCUT2D eigenvalue weighted by Crippen LogP contribution is -2.19. The van der Waals surface area contributed by atoms with Crippen molar-refractivity contribution in [1.29, 1.82) is 0 Å². The van der Waals surface area contributed by atoms with Crippen LogP contribution in [0.25, 0.3) is 0 Å². The van der Waals surface area contributed by atoms with Crippen LogP contribution in [-0.2, 0) is 0 Å². The second kappa shape index (κ2) is 5.54. The summed E-state index contributed by atoms with van der Waals surface area (Å²) in [5, 5.41) is 0. The summed E-state index contributed by atoms with van der Waals surface area (Å²) in [7, 11) is 0. The highest BCUT2D eigenvalue weighted by Crippen LogP contribution is 2.31. The smallest absolute Gasteiger partial charge is 0.134 e. The maximum absolute atomic E-state index is 14.0. The standard InChI is InChI=1S/C14H10BrF4N/c1-6-2-3-8(16)12(13(6)19)14(20)11-9(17)4-7(15)5-10(11)18/h2-5,14H,20H2,1H3. The summed E-state index contributed by atoms with van der Waals surface area (Å²) in [5.41, 5.74) is 4.69. The van der Waals surface area contributed by atoms with Crippen molar-refractivity contribution in [2.24, 2.45) is 5.73 Å². The van der Waals surface area contributed by atoms with Crippen molar-refractivity contribution in [3.05, 3.63) is 68.7 Å². The van der Waals surface area contributed by atoms with Crippen LogP contribution < -0.4 is 5.73 Å². The highest BCUT2D eigenvalue weighted by molar-refractivity contribution is 9.10. The van der Waals surface area contributed by atoms with Gasteiger partial charge < -0.3 is 5.73 Å². The van der Waals surface area contributed by atoms with Gasteiger partial charge in [0.05, 0.1) is 6.04 Å². The topological polar surface area (TPSA) is 26.0 Å². The molecule has 1 atom stereocenters. The van der Waals surface area contributed by atoms with Crippen LogP contribution in [0.5, 0.6) is 0 Å². The van der Waals surface area contributed by atoms with Crippen LogP contribution >= 0.6 is 15.9 Å². The van der Waals surface area contributed by atoms with Gasteiger partial charge in [-0.3, -0.25) is 0 Å². The van der Waals surface area contributed by atoms with Gasteiger partial charge in [0.1, 0.15) is 23.3 Å². The lowest BCUT2D eigenvalue weighted by Gasteiger charge is -2.17. The van der Waals surface area contributed by atoms with E-state index in [0.717, 1.165) is 18.2 Å². The van der Waals surface area contributed by atoms with Crippen molar-refractivity contribution in [3.8, 4) is 0 Å². The van der Waals surface area contributed by atoms with Gasteiger partial charge in [-0.1, -0.05) is 22.0 Å². The molecule has 0 amide bonds. The second-order valence-corrected chi connectivity index (χ2v) is 5.27. The van der Waals surface area contributed by atoms with Crippen molar-refractivity contribution < 1.29 is 17.6 Å². The predicted octanol–water partition coefficient (Wildman–Crippen LogP) is 4.36. The van der Waals surface area contributed by atoms with Gasteiger partial charge in [0.2, 0.25) is 0 Å². The molecule has 0 aliphatic heterocycles. The minimum atomic E-state index is -1.57. The molecular weight excluding hydrogens is 338 g/mol. The molecule has 0 heterocycles. The first-order valence-electron chi connectivity index (χ1n) is 5.67. The Bertz CT molecular complexity index is 649. The van der Waals surface area contributed by atoms with Crippen LogP contribution in [0.4, 0.5) is 17.6 Å². The van der Waals surface area contributed by atoms with Gasteiger partial charge in [-0.2, -0.15) is 0 Å². The van der Waals surface area contributed by atoms with E-state index < -0.39 is 40.4 Å². The lowest BCUT2D eigenvalue weighted by molar-refractivity contribution is 0.507. The number of benzene rings is 2. The first-order valence-corrected chi connectivity index (χ1v) is 6.46. The number of hydrogen-bond donors (Lipinski definition) is 1. The molecule has 0 saturated carbocycles. The molecule has 0 saturated heterocycles. The summed E-state index contributed by atoms with van der Waals surface area (Å²) in [6.07, 6.45) is 0. The Hall–Kier alpha value is -1.40. The van der Waals surface area contributed by atoms with E-state index in [-0.39, 0.29) is 10.0 Å². The fourth-order valence-electron chi connectivity index (χ4n) is 1.96. The molecule has 0 bridgehead atoms. The van der Waals surface area contributed by atoms with E-state index in [4.69, 9.17) is 5.73 Å². The van der Waals surface area contributed by atoms with E-state index >= 15 is 0 Å². The molecule has 2 aromatic rings. The molecule has 0 aliphatic rings. The van der Waals surface area contributed by atoms with Crippen molar-refractivity contribution in [1.82, 2.24) is 0 Å². The number of hydrogen-bond acceptors (Lipinski definition) is 1. The molecule has 1 unspecified atom stereocenters. The number of halogens is 5. The molecule has 2 aromatic carbocycles. The van der Waals surface area contributed by atoms with Crippen molar-refractivity contribution in [2.45, 2.75) is 13.0 Å². The van der Waals surface area contributed by atoms with E-state index in [0.29, 0.717) is 0 Å². The quantitative estimate of drug-likeness (QED) is 0.802. The van der Waals surface area contributed by atoms with Crippen molar-refractivity contribution in [3.63, 3.8) is 0 Å². The minimum absolute atomic E-state index is 0.148. The highest BCUT2D eigenvalue weighted by Gasteiger charge is 2.25. The maximum atomic E-state index is 14.0. The number of aryl methyl sites for hydroxylation is 1. The average molecular weight is 348 g/mol. The molecule has 0 fully saturated rings. The Balaban J connectivity index is 2.64. The van der Waals surface area contributed by atoms with Crippen LogP contribution in [0.3, 0.4) is 0 Å². The third kappa shape index (κ3) is 2.58. The summed E-state index contributed by atoms with van der Waals surface area (Å²) in [5.74, 6) is -3.78. The Labute approximate surface area is 121 Å². The predicted molar refractivity (Wildman–Crippen MR) is 71.2 cm³/mol. The summed E-state index contributed by atoms with van der Waals surface area (Å²) >= 11 is 2.92. The highest BCUT2D eigenvalue weighted by atomic mass is 79.9. The zero-order valence-electron chi connectivity index (χ0n) is 10.4. The molecule has 0 aromatic heterocycles. The summed E-state index contributed by atoms with van der Waals surface area (Å²) in [6.45, 7) is 1.42. The largest absolute Gasteiger partial charge is 0.320 e. The van der Waals surface area contributed by atoms with Crippen molar-refractivity contribution in [2.75, 3.05) is 0 Å². The van der Waals surface area contributed by atoms with E-state index in [1.165, 1.54) is 13.0 Å². The van der Waals surface area contributed by atoms with E-state index in [9.17, 15) is 17.6 Å². The molecule has 106 valence electrons. The maximum Gasteiger partial charge on any atom is 0.134 e. The Morgan fingerprint density at radius 2 is 1.50 bits per heavy atom. The van der Waals surface area contributed by atoms with Gasteiger partial charge in [0, 0.05) is 15.6 Å². The first-order chi connectivity index (χ1) is 9.32. The van der Waals surface area contributed by atoms with E-state index in [2.05, 4.69) is 15.9 Å². The summed E-state index contributed by atoms with van der Waals surface area (Å²) in [6, 6.07) is 2.66. The van der Waals surface area contributed by atoms with E-state index in [1.54, 1.807) is 0 Å². The molecule has 6 heteroatoms. The molecular formula is C14H10BrF4N. The van der Waals surface area contributed by atoms with Crippen LogP contribution in [-0.4, -0.2) is 0 Å². The third-order valence-electron chi connectivity index (χ3n) is 2.99. The summed E-state index contributed by atoms with van der Waals surface area (Å²) < 4.78 is 55.5. The zero-order chi connectivity index (χ0) is 15.0. The molecule has 1 nitrogen and oxygen atoms in total. The first kappa shape index (κ1) is 15.0. The molecule has 0 spiro atoms. The van der Waals surface area contributed by atoms with Gasteiger partial charge in [-0.05, 0) is 30.7 Å². The SMILES string of the molecule is Cc1ccc(F)c(C(N)c2c(F)cc(Br)cc2F)c1F.